The Labute approximate surface area is 158 Å². The van der Waals surface area contributed by atoms with Crippen LogP contribution < -0.4 is 10.6 Å². The number of nitrogens with one attached hydrogen (secondary N) is 2. The minimum atomic E-state index is -0.389. The molecule has 1 aliphatic heterocycles. The molecule has 3 rings (SSSR count). The summed E-state index contributed by atoms with van der Waals surface area (Å²) in [6.07, 6.45) is 2.37. The van der Waals surface area contributed by atoms with Crippen molar-refractivity contribution < 1.29 is 4.79 Å². The number of amides is 1. The van der Waals surface area contributed by atoms with Crippen molar-refractivity contribution in [3.05, 3.63) is 69.7 Å². The van der Waals surface area contributed by atoms with Crippen LogP contribution in [0.3, 0.4) is 0 Å². The van der Waals surface area contributed by atoms with E-state index in [4.69, 9.17) is 23.2 Å². The highest BCUT2D eigenvalue weighted by molar-refractivity contribution is 6.31. The fraction of sp³-hybridized carbons (Fsp3) is 0.350. The van der Waals surface area contributed by atoms with Crippen LogP contribution in [-0.2, 0) is 17.8 Å². The van der Waals surface area contributed by atoms with Crippen molar-refractivity contribution in [1.82, 2.24) is 10.6 Å². The van der Waals surface area contributed by atoms with E-state index >= 15 is 0 Å². The predicted octanol–water partition coefficient (Wildman–Crippen LogP) is 4.22. The molecule has 0 spiro atoms. The molecule has 1 amide bonds. The first kappa shape index (κ1) is 18.2. The molecule has 0 saturated carbocycles. The van der Waals surface area contributed by atoms with Crippen LogP contribution in [0.25, 0.3) is 0 Å². The number of rotatable bonds is 5. The third-order valence-electron chi connectivity index (χ3n) is 4.90. The van der Waals surface area contributed by atoms with Crippen molar-refractivity contribution in [3.8, 4) is 0 Å². The summed E-state index contributed by atoms with van der Waals surface area (Å²) >= 11 is 12.2. The Morgan fingerprint density at radius 2 is 1.72 bits per heavy atom. The summed E-state index contributed by atoms with van der Waals surface area (Å²) in [5.74, 6) is 0.101. The molecule has 5 heteroatoms. The highest BCUT2D eigenvalue weighted by Gasteiger charge is 2.39. The van der Waals surface area contributed by atoms with Gasteiger partial charge in [-0.25, -0.2) is 0 Å². The topological polar surface area (TPSA) is 41.1 Å². The number of piperidine rings is 1. The van der Waals surface area contributed by atoms with E-state index in [9.17, 15) is 4.79 Å². The Morgan fingerprint density at radius 3 is 2.40 bits per heavy atom. The molecular formula is C20H22Cl2N2O. The van der Waals surface area contributed by atoms with E-state index in [2.05, 4.69) is 10.6 Å². The Hall–Kier alpha value is -1.55. The zero-order valence-electron chi connectivity index (χ0n) is 14.0. The van der Waals surface area contributed by atoms with Gasteiger partial charge in [0.25, 0.3) is 0 Å². The Kier molecular flexibility index (Phi) is 6.00. The van der Waals surface area contributed by atoms with Crippen LogP contribution in [0.1, 0.15) is 24.0 Å². The van der Waals surface area contributed by atoms with Gasteiger partial charge in [0.15, 0.2) is 0 Å². The maximum absolute atomic E-state index is 13.1. The third-order valence-corrected chi connectivity index (χ3v) is 5.52. The summed E-state index contributed by atoms with van der Waals surface area (Å²) in [5.41, 5.74) is 1.69. The van der Waals surface area contributed by atoms with Crippen LogP contribution >= 0.6 is 23.2 Å². The Bertz CT molecular complexity index is 725. The molecule has 3 nitrogen and oxygen atoms in total. The second kappa shape index (κ2) is 8.22. The lowest BCUT2D eigenvalue weighted by molar-refractivity contribution is -0.132. The van der Waals surface area contributed by atoms with E-state index in [0.717, 1.165) is 43.5 Å². The van der Waals surface area contributed by atoms with Gasteiger partial charge in [0.2, 0.25) is 5.91 Å². The van der Waals surface area contributed by atoms with Gasteiger partial charge in [0.1, 0.15) is 0 Å². The van der Waals surface area contributed by atoms with Crippen LogP contribution in [0.5, 0.6) is 0 Å². The number of benzene rings is 2. The Morgan fingerprint density at radius 1 is 1.04 bits per heavy atom. The molecule has 132 valence electrons. The molecule has 0 unspecified atom stereocenters. The fourth-order valence-corrected chi connectivity index (χ4v) is 3.72. The molecule has 0 aromatic heterocycles. The minimum Gasteiger partial charge on any atom is -0.351 e. The standard InChI is InChI=1S/C20H22Cl2N2O/c21-17-7-5-15(6-8-17)13-20(9-11-23-12-10-20)19(25)24-14-16-3-1-2-4-18(16)22/h1-8,23H,9-14H2,(H,24,25). The zero-order valence-corrected chi connectivity index (χ0v) is 15.5. The second-order valence-corrected chi connectivity index (χ2v) is 7.45. The van der Waals surface area contributed by atoms with E-state index in [0.29, 0.717) is 16.6 Å². The van der Waals surface area contributed by atoms with E-state index in [-0.39, 0.29) is 11.3 Å². The van der Waals surface area contributed by atoms with Crippen LogP contribution in [0, 0.1) is 5.41 Å². The SMILES string of the molecule is O=C(NCc1ccccc1Cl)C1(Cc2ccc(Cl)cc2)CCNCC1. The normalized spacial score (nSPS) is 16.4. The first-order chi connectivity index (χ1) is 12.1. The first-order valence-electron chi connectivity index (χ1n) is 8.56. The highest BCUT2D eigenvalue weighted by atomic mass is 35.5. The number of hydrogen-bond acceptors (Lipinski definition) is 2. The maximum atomic E-state index is 13.1. The molecule has 2 N–H and O–H groups in total. The molecule has 1 saturated heterocycles. The number of hydrogen-bond donors (Lipinski definition) is 2. The van der Waals surface area contributed by atoms with Crippen molar-refractivity contribution in [2.45, 2.75) is 25.8 Å². The molecule has 1 fully saturated rings. The average Bonchev–Trinajstić information content (AvgIpc) is 2.63. The van der Waals surface area contributed by atoms with Crippen molar-refractivity contribution >= 4 is 29.1 Å². The van der Waals surface area contributed by atoms with Crippen LogP contribution in [0.4, 0.5) is 0 Å². The first-order valence-corrected chi connectivity index (χ1v) is 9.32. The molecule has 25 heavy (non-hydrogen) atoms. The summed E-state index contributed by atoms with van der Waals surface area (Å²) in [4.78, 5) is 13.1. The second-order valence-electron chi connectivity index (χ2n) is 6.61. The smallest absolute Gasteiger partial charge is 0.226 e. The third kappa shape index (κ3) is 4.55. The van der Waals surface area contributed by atoms with E-state index in [1.807, 2.05) is 48.5 Å². The lowest BCUT2D eigenvalue weighted by atomic mass is 9.73. The number of carbonyl (C=O) groups excluding carboxylic acids is 1. The zero-order chi connectivity index (χ0) is 17.7. The molecule has 0 radical (unpaired) electrons. The van der Waals surface area contributed by atoms with Crippen molar-refractivity contribution in [2.24, 2.45) is 5.41 Å². The molecule has 2 aromatic rings. The molecule has 0 bridgehead atoms. The molecule has 2 aromatic carbocycles. The summed E-state index contributed by atoms with van der Waals surface area (Å²) in [5, 5.41) is 7.85. The lowest BCUT2D eigenvalue weighted by Crippen LogP contribution is -2.48. The molecule has 1 aliphatic rings. The monoisotopic (exact) mass is 376 g/mol. The van der Waals surface area contributed by atoms with Crippen LogP contribution in [-0.4, -0.2) is 19.0 Å². The van der Waals surface area contributed by atoms with E-state index in [1.54, 1.807) is 0 Å². The van der Waals surface area contributed by atoms with Gasteiger partial charge in [0.05, 0.1) is 5.41 Å². The van der Waals surface area contributed by atoms with Gasteiger partial charge in [-0.05, 0) is 61.7 Å². The molecule has 0 aliphatic carbocycles. The molecule has 1 heterocycles. The van der Waals surface area contributed by atoms with Gasteiger partial charge in [-0.15, -0.1) is 0 Å². The summed E-state index contributed by atoms with van der Waals surface area (Å²) in [7, 11) is 0. The van der Waals surface area contributed by atoms with Crippen LogP contribution in [0.2, 0.25) is 10.0 Å². The van der Waals surface area contributed by atoms with E-state index in [1.165, 1.54) is 0 Å². The van der Waals surface area contributed by atoms with Gasteiger partial charge in [-0.1, -0.05) is 53.5 Å². The van der Waals surface area contributed by atoms with E-state index < -0.39 is 0 Å². The van der Waals surface area contributed by atoms with Gasteiger partial charge in [0, 0.05) is 16.6 Å². The predicted molar refractivity (Wildman–Crippen MR) is 103 cm³/mol. The summed E-state index contributed by atoms with van der Waals surface area (Å²) < 4.78 is 0. The Balaban J connectivity index is 1.73. The van der Waals surface area contributed by atoms with Gasteiger partial charge in [-0.3, -0.25) is 4.79 Å². The summed E-state index contributed by atoms with van der Waals surface area (Å²) in [6.45, 7) is 2.16. The van der Waals surface area contributed by atoms with Crippen molar-refractivity contribution in [2.75, 3.05) is 13.1 Å². The molecule has 0 atom stereocenters. The van der Waals surface area contributed by atoms with Crippen molar-refractivity contribution in [3.63, 3.8) is 0 Å². The minimum absolute atomic E-state index is 0.101. The van der Waals surface area contributed by atoms with Crippen molar-refractivity contribution in [1.29, 1.82) is 0 Å². The lowest BCUT2D eigenvalue weighted by Gasteiger charge is -2.36. The largest absolute Gasteiger partial charge is 0.351 e. The van der Waals surface area contributed by atoms with Crippen LogP contribution in [0.15, 0.2) is 48.5 Å². The van der Waals surface area contributed by atoms with Gasteiger partial charge < -0.3 is 10.6 Å². The highest BCUT2D eigenvalue weighted by Crippen LogP contribution is 2.34. The summed E-state index contributed by atoms with van der Waals surface area (Å²) in [6, 6.07) is 15.4. The van der Waals surface area contributed by atoms with Gasteiger partial charge in [-0.2, -0.15) is 0 Å². The fourth-order valence-electron chi connectivity index (χ4n) is 3.39. The average molecular weight is 377 g/mol. The number of halogens is 2. The molecular weight excluding hydrogens is 355 g/mol. The van der Waals surface area contributed by atoms with Gasteiger partial charge >= 0.3 is 0 Å². The number of carbonyl (C=O) groups is 1. The quantitative estimate of drug-likeness (QED) is 0.819. The maximum Gasteiger partial charge on any atom is 0.226 e.